The Labute approximate surface area is 142 Å². The van der Waals surface area contributed by atoms with Gasteiger partial charge in [0.05, 0.1) is 5.60 Å². The highest BCUT2D eigenvalue weighted by Gasteiger charge is 2.52. The van der Waals surface area contributed by atoms with Crippen molar-refractivity contribution in [1.82, 2.24) is 9.88 Å². The zero-order chi connectivity index (χ0) is 15.9. The quantitative estimate of drug-likeness (QED) is 0.844. The SMILES string of the molecule is O[C@]1(c2ccnc(Cl)c2)[C@@H]2CCC[C@H]1CN(C1CCOCC1)C2. The van der Waals surface area contributed by atoms with Crippen molar-refractivity contribution in [2.24, 2.45) is 11.8 Å². The molecule has 2 aliphatic heterocycles. The van der Waals surface area contributed by atoms with E-state index in [4.69, 9.17) is 16.3 Å². The first kappa shape index (κ1) is 15.8. The van der Waals surface area contributed by atoms with Crippen molar-refractivity contribution in [3.05, 3.63) is 29.0 Å². The maximum Gasteiger partial charge on any atom is 0.129 e. The fourth-order valence-corrected chi connectivity index (χ4v) is 5.13. The molecule has 1 aliphatic carbocycles. The molecule has 3 heterocycles. The van der Waals surface area contributed by atoms with Crippen LogP contribution in [0.4, 0.5) is 0 Å². The van der Waals surface area contributed by atoms with E-state index < -0.39 is 5.60 Å². The van der Waals surface area contributed by atoms with Crippen LogP contribution in [0.1, 0.15) is 37.7 Å². The van der Waals surface area contributed by atoms with Gasteiger partial charge in [-0.1, -0.05) is 18.0 Å². The third-order valence-corrected chi connectivity index (χ3v) is 6.36. The van der Waals surface area contributed by atoms with E-state index in [0.717, 1.165) is 57.6 Å². The van der Waals surface area contributed by atoms with Crippen molar-refractivity contribution in [2.75, 3.05) is 26.3 Å². The van der Waals surface area contributed by atoms with Gasteiger partial charge in [0.25, 0.3) is 0 Å². The minimum absolute atomic E-state index is 0.288. The van der Waals surface area contributed by atoms with Crippen molar-refractivity contribution >= 4 is 11.6 Å². The number of halogens is 1. The summed E-state index contributed by atoms with van der Waals surface area (Å²) >= 11 is 6.09. The number of hydrogen-bond acceptors (Lipinski definition) is 4. The normalized spacial score (nSPS) is 36.1. The monoisotopic (exact) mass is 336 g/mol. The van der Waals surface area contributed by atoms with Gasteiger partial charge >= 0.3 is 0 Å². The lowest BCUT2D eigenvalue weighted by molar-refractivity contribution is -0.158. The lowest BCUT2D eigenvalue weighted by atomic mass is 9.62. The Bertz CT molecular complexity index is 548. The van der Waals surface area contributed by atoms with E-state index in [1.54, 1.807) is 6.20 Å². The van der Waals surface area contributed by atoms with Gasteiger partial charge in [0, 0.05) is 50.4 Å². The van der Waals surface area contributed by atoms with E-state index in [9.17, 15) is 5.11 Å². The average molecular weight is 337 g/mol. The molecule has 3 atom stereocenters. The Hall–Kier alpha value is -0.680. The minimum Gasteiger partial charge on any atom is -0.384 e. The van der Waals surface area contributed by atoms with Crippen LogP contribution in [-0.2, 0) is 10.3 Å². The van der Waals surface area contributed by atoms with Gasteiger partial charge in [-0.15, -0.1) is 0 Å². The molecule has 0 unspecified atom stereocenters. The Morgan fingerprint density at radius 1 is 1.17 bits per heavy atom. The molecule has 4 rings (SSSR count). The smallest absolute Gasteiger partial charge is 0.129 e. The van der Waals surface area contributed by atoms with Gasteiger partial charge in [0.2, 0.25) is 0 Å². The molecule has 2 bridgehead atoms. The van der Waals surface area contributed by atoms with Crippen molar-refractivity contribution in [2.45, 2.75) is 43.7 Å². The number of aromatic nitrogens is 1. The molecule has 0 radical (unpaired) electrons. The maximum atomic E-state index is 11.6. The minimum atomic E-state index is -0.744. The zero-order valence-corrected chi connectivity index (χ0v) is 14.2. The summed E-state index contributed by atoms with van der Waals surface area (Å²) < 4.78 is 5.51. The van der Waals surface area contributed by atoms with Gasteiger partial charge < -0.3 is 9.84 Å². The summed E-state index contributed by atoms with van der Waals surface area (Å²) in [7, 11) is 0. The number of likely N-dealkylation sites (tertiary alicyclic amines) is 1. The van der Waals surface area contributed by atoms with Gasteiger partial charge in [-0.05, 0) is 43.4 Å². The number of fused-ring (bicyclic) bond motifs is 2. The Balaban J connectivity index is 1.60. The van der Waals surface area contributed by atoms with Gasteiger partial charge in [-0.3, -0.25) is 4.90 Å². The molecule has 1 N–H and O–H groups in total. The second-order valence-corrected chi connectivity index (χ2v) is 7.70. The molecule has 5 heteroatoms. The van der Waals surface area contributed by atoms with Crippen LogP contribution in [0.5, 0.6) is 0 Å². The Kier molecular flexibility index (Phi) is 4.35. The first-order valence-corrected chi connectivity index (χ1v) is 9.22. The number of pyridine rings is 1. The van der Waals surface area contributed by atoms with Crippen molar-refractivity contribution in [1.29, 1.82) is 0 Å². The Morgan fingerprint density at radius 3 is 2.52 bits per heavy atom. The molecular weight excluding hydrogens is 312 g/mol. The molecule has 3 aliphatic rings. The van der Waals surface area contributed by atoms with Crippen LogP contribution in [0.2, 0.25) is 5.15 Å². The average Bonchev–Trinajstić information content (AvgIpc) is 2.55. The fourth-order valence-electron chi connectivity index (χ4n) is 4.96. The topological polar surface area (TPSA) is 45.6 Å². The van der Waals surface area contributed by atoms with E-state index in [1.807, 2.05) is 12.1 Å². The number of nitrogens with zero attached hydrogens (tertiary/aromatic N) is 2. The van der Waals surface area contributed by atoms with Crippen molar-refractivity contribution < 1.29 is 9.84 Å². The van der Waals surface area contributed by atoms with Gasteiger partial charge in [0.1, 0.15) is 5.15 Å². The molecule has 1 saturated carbocycles. The summed E-state index contributed by atoms with van der Waals surface area (Å²) in [4.78, 5) is 6.70. The van der Waals surface area contributed by atoms with Crippen molar-refractivity contribution in [3.63, 3.8) is 0 Å². The summed E-state index contributed by atoms with van der Waals surface area (Å²) in [5.41, 5.74) is 0.214. The highest BCUT2D eigenvalue weighted by atomic mass is 35.5. The molecule has 2 saturated heterocycles. The molecule has 0 amide bonds. The molecule has 4 nitrogen and oxygen atoms in total. The van der Waals surface area contributed by atoms with Crippen LogP contribution < -0.4 is 0 Å². The second-order valence-electron chi connectivity index (χ2n) is 7.31. The lowest BCUT2D eigenvalue weighted by Gasteiger charge is -2.55. The number of hydrogen-bond donors (Lipinski definition) is 1. The number of rotatable bonds is 2. The van der Waals surface area contributed by atoms with E-state index >= 15 is 0 Å². The molecule has 1 aromatic heterocycles. The largest absolute Gasteiger partial charge is 0.384 e. The zero-order valence-electron chi connectivity index (χ0n) is 13.5. The molecule has 0 aromatic carbocycles. The lowest BCUT2D eigenvalue weighted by Crippen LogP contribution is -2.60. The van der Waals surface area contributed by atoms with E-state index in [0.29, 0.717) is 11.2 Å². The van der Waals surface area contributed by atoms with E-state index in [-0.39, 0.29) is 11.8 Å². The number of aliphatic hydroxyl groups is 1. The highest BCUT2D eigenvalue weighted by Crippen LogP contribution is 2.50. The summed E-state index contributed by atoms with van der Waals surface area (Å²) in [6, 6.07) is 4.43. The maximum absolute atomic E-state index is 11.6. The first-order chi connectivity index (χ1) is 11.2. The second kappa shape index (κ2) is 6.32. The number of piperidine rings is 1. The van der Waals surface area contributed by atoms with E-state index in [2.05, 4.69) is 9.88 Å². The summed E-state index contributed by atoms with van der Waals surface area (Å²) in [6.45, 7) is 3.72. The molecular formula is C18H25ClN2O2. The van der Waals surface area contributed by atoms with Crippen LogP contribution in [0.3, 0.4) is 0 Å². The molecule has 126 valence electrons. The predicted octanol–water partition coefficient (Wildman–Crippen LogP) is 2.83. The Morgan fingerprint density at radius 2 is 1.87 bits per heavy atom. The highest BCUT2D eigenvalue weighted by molar-refractivity contribution is 6.29. The summed E-state index contributed by atoms with van der Waals surface area (Å²) in [5.74, 6) is 0.577. The van der Waals surface area contributed by atoms with Gasteiger partial charge in [-0.2, -0.15) is 0 Å². The van der Waals surface area contributed by atoms with Crippen LogP contribution in [0.15, 0.2) is 18.3 Å². The number of ether oxygens (including phenoxy) is 1. The molecule has 23 heavy (non-hydrogen) atoms. The van der Waals surface area contributed by atoms with E-state index in [1.165, 1.54) is 6.42 Å². The van der Waals surface area contributed by atoms with Gasteiger partial charge in [0.15, 0.2) is 0 Å². The van der Waals surface area contributed by atoms with Gasteiger partial charge in [-0.25, -0.2) is 4.98 Å². The van der Waals surface area contributed by atoms with Crippen LogP contribution in [0.25, 0.3) is 0 Å². The molecule has 1 aromatic rings. The third-order valence-electron chi connectivity index (χ3n) is 6.16. The predicted molar refractivity (Wildman–Crippen MR) is 89.4 cm³/mol. The van der Waals surface area contributed by atoms with Crippen LogP contribution in [0, 0.1) is 11.8 Å². The molecule has 0 spiro atoms. The third kappa shape index (κ3) is 2.80. The molecule has 3 fully saturated rings. The standard InChI is InChI=1S/C18H25ClN2O2/c19-17-10-13(4-7-20-17)18(22)14-2-1-3-15(18)12-21(11-14)16-5-8-23-9-6-16/h4,7,10,14-16,22H,1-3,5-6,8-9,11-12H2/t14-,15+,18-. The van der Waals surface area contributed by atoms with Crippen LogP contribution in [-0.4, -0.2) is 47.3 Å². The van der Waals surface area contributed by atoms with Crippen LogP contribution >= 0.6 is 11.6 Å². The fraction of sp³-hybridized carbons (Fsp3) is 0.722. The summed E-state index contributed by atoms with van der Waals surface area (Å²) in [5, 5.41) is 12.1. The van der Waals surface area contributed by atoms with Crippen molar-refractivity contribution in [3.8, 4) is 0 Å². The first-order valence-electron chi connectivity index (χ1n) is 8.84. The summed E-state index contributed by atoms with van der Waals surface area (Å²) in [6.07, 6.45) is 7.37.